The molecule has 2 heterocycles. The topological polar surface area (TPSA) is 67.2 Å². The van der Waals surface area contributed by atoms with Crippen molar-refractivity contribution in [3.63, 3.8) is 0 Å². The van der Waals surface area contributed by atoms with E-state index in [1.807, 2.05) is 36.4 Å². The summed E-state index contributed by atoms with van der Waals surface area (Å²) in [6, 6.07) is 20.2. The Morgan fingerprint density at radius 1 is 1.03 bits per heavy atom. The summed E-state index contributed by atoms with van der Waals surface area (Å²) >= 11 is 19.1. The lowest BCUT2D eigenvalue weighted by molar-refractivity contribution is 0.0982. The van der Waals surface area contributed by atoms with E-state index in [1.54, 1.807) is 30.3 Å². The maximum atomic E-state index is 12.7. The van der Waals surface area contributed by atoms with Crippen molar-refractivity contribution in [2.24, 2.45) is 0 Å². The molecule has 5 rings (SSSR count). The third-order valence-corrected chi connectivity index (χ3v) is 6.80. The summed E-state index contributed by atoms with van der Waals surface area (Å²) in [5.41, 5.74) is 2.71. The van der Waals surface area contributed by atoms with E-state index in [0.717, 1.165) is 15.6 Å². The highest BCUT2D eigenvalue weighted by Crippen LogP contribution is 2.35. The number of halogens is 2. The molecule has 0 atom stereocenters. The van der Waals surface area contributed by atoms with Crippen molar-refractivity contribution in [3.05, 3.63) is 81.7 Å². The predicted molar refractivity (Wildman–Crippen MR) is 135 cm³/mol. The lowest BCUT2D eigenvalue weighted by atomic mass is 10.2. The van der Waals surface area contributed by atoms with E-state index >= 15 is 0 Å². The highest BCUT2D eigenvalue weighted by atomic mass is 35.5. The van der Waals surface area contributed by atoms with Crippen LogP contribution in [0.4, 0.5) is 5.69 Å². The van der Waals surface area contributed by atoms with Crippen LogP contribution in [0.1, 0.15) is 9.67 Å². The smallest absolute Gasteiger partial charge is 0.269 e. The second kappa shape index (κ2) is 8.52. The maximum Gasteiger partial charge on any atom is 0.269 e. The van der Waals surface area contributed by atoms with Crippen molar-refractivity contribution in [2.75, 3.05) is 5.32 Å². The summed E-state index contributed by atoms with van der Waals surface area (Å²) in [6.45, 7) is 0. The minimum absolute atomic E-state index is 0.154. The third kappa shape index (κ3) is 4.08. The zero-order chi connectivity index (χ0) is 22.2. The fourth-order valence-electron chi connectivity index (χ4n) is 3.23. The summed E-state index contributed by atoms with van der Waals surface area (Å²) in [5, 5.41) is 7.71. The van der Waals surface area contributed by atoms with Crippen LogP contribution in [0.25, 0.3) is 32.6 Å². The molecular formula is C23H13Cl2N3O2S2. The molecule has 2 N–H and O–H groups in total. The largest absolute Gasteiger partial charge is 0.436 e. The van der Waals surface area contributed by atoms with Crippen molar-refractivity contribution in [1.29, 1.82) is 0 Å². The van der Waals surface area contributed by atoms with Crippen molar-refractivity contribution in [1.82, 2.24) is 10.3 Å². The van der Waals surface area contributed by atoms with Crippen LogP contribution < -0.4 is 10.6 Å². The fraction of sp³-hybridized carbons (Fsp3) is 0. The molecular weight excluding hydrogens is 485 g/mol. The Morgan fingerprint density at radius 2 is 1.88 bits per heavy atom. The van der Waals surface area contributed by atoms with E-state index in [0.29, 0.717) is 37.6 Å². The number of oxazole rings is 1. The number of thiocarbonyl (C=S) groups is 1. The Balaban J connectivity index is 1.33. The van der Waals surface area contributed by atoms with Gasteiger partial charge in [0.1, 0.15) is 10.4 Å². The number of nitrogens with zero attached hydrogens (tertiary/aromatic N) is 1. The molecule has 3 aromatic carbocycles. The van der Waals surface area contributed by atoms with Gasteiger partial charge in [-0.3, -0.25) is 10.1 Å². The number of anilines is 1. The molecule has 0 fully saturated rings. The Bertz CT molecular complexity index is 1510. The first kappa shape index (κ1) is 20.9. The Hall–Kier alpha value is -2.97. The van der Waals surface area contributed by atoms with Crippen LogP contribution in [0.2, 0.25) is 10.0 Å². The quantitative estimate of drug-likeness (QED) is 0.259. The summed E-state index contributed by atoms with van der Waals surface area (Å²) in [7, 11) is 0. The molecule has 0 saturated carbocycles. The molecule has 5 aromatic rings. The molecule has 0 unspecified atom stereocenters. The lowest BCUT2D eigenvalue weighted by Gasteiger charge is -2.08. The van der Waals surface area contributed by atoms with Crippen LogP contribution in [0.5, 0.6) is 0 Å². The first-order chi connectivity index (χ1) is 15.5. The molecule has 0 bridgehead atoms. The fourth-order valence-corrected chi connectivity index (χ4v) is 5.05. The van der Waals surface area contributed by atoms with Crippen molar-refractivity contribution >= 4 is 84.6 Å². The number of benzene rings is 3. The van der Waals surface area contributed by atoms with Crippen molar-refractivity contribution in [3.8, 4) is 11.5 Å². The SMILES string of the molecule is O=C(NC(=S)Nc1ccc2oc(-c3cccc(Cl)c3)nc2c1)c1sc2ccccc2c1Cl. The van der Waals surface area contributed by atoms with Gasteiger partial charge in [-0.25, -0.2) is 4.98 Å². The summed E-state index contributed by atoms with van der Waals surface area (Å²) < 4.78 is 6.76. The minimum atomic E-state index is -0.362. The second-order valence-corrected chi connectivity index (χ2v) is 9.14. The molecule has 1 amide bonds. The number of hydrogen-bond acceptors (Lipinski definition) is 5. The van der Waals surface area contributed by atoms with Gasteiger partial charge in [-0.05, 0) is 54.7 Å². The lowest BCUT2D eigenvalue weighted by Crippen LogP contribution is -2.33. The Labute approximate surface area is 202 Å². The van der Waals surface area contributed by atoms with Gasteiger partial charge >= 0.3 is 0 Å². The van der Waals surface area contributed by atoms with Crippen LogP contribution >= 0.6 is 46.8 Å². The highest BCUT2D eigenvalue weighted by Gasteiger charge is 2.18. The molecule has 0 aliphatic rings. The minimum Gasteiger partial charge on any atom is -0.436 e. The van der Waals surface area contributed by atoms with Crippen LogP contribution in [0, 0.1) is 0 Å². The molecule has 158 valence electrons. The third-order valence-electron chi connectivity index (χ3n) is 4.69. The first-order valence-corrected chi connectivity index (χ1v) is 11.4. The zero-order valence-electron chi connectivity index (χ0n) is 16.2. The number of carbonyl (C=O) groups excluding carboxylic acids is 1. The van der Waals surface area contributed by atoms with Gasteiger partial charge in [-0.1, -0.05) is 47.5 Å². The Morgan fingerprint density at radius 3 is 2.69 bits per heavy atom. The number of nitrogens with one attached hydrogen (secondary N) is 2. The monoisotopic (exact) mass is 497 g/mol. The van der Waals surface area contributed by atoms with Gasteiger partial charge < -0.3 is 9.73 Å². The predicted octanol–water partition coefficient (Wildman–Crippen LogP) is 7.14. The standard InChI is InChI=1S/C23H13Cl2N3O2S2/c24-13-5-3-4-12(10-13)22-27-16-11-14(8-9-17(16)30-22)26-23(31)28-21(29)20-19(25)15-6-1-2-7-18(15)32-20/h1-11H,(H2,26,28,29,31). The van der Waals surface area contributed by atoms with Crippen LogP contribution in [-0.2, 0) is 0 Å². The molecule has 5 nitrogen and oxygen atoms in total. The van der Waals surface area contributed by atoms with Crippen molar-refractivity contribution in [2.45, 2.75) is 0 Å². The number of amides is 1. The van der Waals surface area contributed by atoms with Gasteiger partial charge in [0.05, 0.1) is 5.02 Å². The number of aromatic nitrogens is 1. The van der Waals surface area contributed by atoms with Gasteiger partial charge in [0.25, 0.3) is 5.91 Å². The molecule has 0 saturated heterocycles. The van der Waals surface area contributed by atoms with Gasteiger partial charge in [-0.2, -0.15) is 0 Å². The van der Waals surface area contributed by atoms with Crippen LogP contribution in [0.3, 0.4) is 0 Å². The summed E-state index contributed by atoms with van der Waals surface area (Å²) in [6.07, 6.45) is 0. The van der Waals surface area contributed by atoms with Gasteiger partial charge in [0, 0.05) is 26.4 Å². The molecule has 32 heavy (non-hydrogen) atoms. The number of hydrogen-bond donors (Lipinski definition) is 2. The molecule has 0 spiro atoms. The average Bonchev–Trinajstić information content (AvgIpc) is 3.35. The Kier molecular flexibility index (Phi) is 5.57. The van der Waals surface area contributed by atoms with E-state index < -0.39 is 0 Å². The van der Waals surface area contributed by atoms with Crippen LogP contribution in [0.15, 0.2) is 71.1 Å². The summed E-state index contributed by atoms with van der Waals surface area (Å²) in [5.74, 6) is 0.106. The molecule has 9 heteroatoms. The molecule has 0 aliphatic heterocycles. The normalized spacial score (nSPS) is 11.1. The summed E-state index contributed by atoms with van der Waals surface area (Å²) in [4.78, 5) is 17.6. The first-order valence-electron chi connectivity index (χ1n) is 9.44. The van der Waals surface area contributed by atoms with E-state index in [1.165, 1.54) is 11.3 Å². The number of fused-ring (bicyclic) bond motifs is 2. The van der Waals surface area contributed by atoms with Crippen molar-refractivity contribution < 1.29 is 9.21 Å². The van der Waals surface area contributed by atoms with E-state index in [9.17, 15) is 4.79 Å². The highest BCUT2D eigenvalue weighted by molar-refractivity contribution is 7.80. The van der Waals surface area contributed by atoms with Gasteiger partial charge in [0.15, 0.2) is 10.7 Å². The van der Waals surface area contributed by atoms with E-state index in [-0.39, 0.29) is 11.0 Å². The number of thiophene rings is 1. The zero-order valence-corrected chi connectivity index (χ0v) is 19.3. The number of rotatable bonds is 3. The average molecular weight is 498 g/mol. The number of carbonyl (C=O) groups is 1. The molecule has 0 aliphatic carbocycles. The van der Waals surface area contributed by atoms with Gasteiger partial charge in [-0.15, -0.1) is 11.3 Å². The second-order valence-electron chi connectivity index (χ2n) is 6.86. The van der Waals surface area contributed by atoms with Crippen LogP contribution in [-0.4, -0.2) is 16.0 Å². The van der Waals surface area contributed by atoms with E-state index in [2.05, 4.69) is 15.6 Å². The van der Waals surface area contributed by atoms with Gasteiger partial charge in [0.2, 0.25) is 5.89 Å². The molecule has 0 radical (unpaired) electrons. The molecule has 2 aromatic heterocycles. The maximum absolute atomic E-state index is 12.7. The van der Waals surface area contributed by atoms with E-state index in [4.69, 9.17) is 39.8 Å².